The molecule has 1 rings (SSSR count). The standard InChI is InChI=1S/C14H17I3O2/c1-3-4-5-6-13(18)19-9(2)14-11(16)7-10(15)8-12(14)17/h7-9H,3-6H2,1-2H3. The van der Waals surface area contributed by atoms with Gasteiger partial charge in [0, 0.05) is 22.7 Å². The number of hydrogen-bond donors (Lipinski definition) is 0. The van der Waals surface area contributed by atoms with E-state index in [4.69, 9.17) is 4.74 Å². The van der Waals surface area contributed by atoms with Crippen LogP contribution >= 0.6 is 67.8 Å². The van der Waals surface area contributed by atoms with Crippen molar-refractivity contribution in [3.05, 3.63) is 28.4 Å². The molecule has 19 heavy (non-hydrogen) atoms. The van der Waals surface area contributed by atoms with Crippen LogP contribution in [-0.2, 0) is 9.53 Å². The van der Waals surface area contributed by atoms with Gasteiger partial charge in [-0.25, -0.2) is 0 Å². The van der Waals surface area contributed by atoms with E-state index in [1.807, 2.05) is 6.92 Å². The third-order valence-corrected chi connectivity index (χ3v) is 5.15. The molecule has 0 saturated heterocycles. The summed E-state index contributed by atoms with van der Waals surface area (Å²) in [6.07, 6.45) is 3.47. The summed E-state index contributed by atoms with van der Waals surface area (Å²) in [5, 5.41) is 0. The maximum atomic E-state index is 11.8. The fourth-order valence-electron chi connectivity index (χ4n) is 1.78. The number of unbranched alkanes of at least 4 members (excludes halogenated alkanes) is 2. The summed E-state index contributed by atoms with van der Waals surface area (Å²) in [5.74, 6) is -0.0916. The van der Waals surface area contributed by atoms with Crippen molar-refractivity contribution in [1.82, 2.24) is 0 Å². The molecule has 0 spiro atoms. The molecule has 1 aromatic rings. The zero-order valence-electron chi connectivity index (χ0n) is 11.0. The second-order valence-electron chi connectivity index (χ2n) is 4.37. The Bertz CT molecular complexity index is 423. The number of esters is 1. The van der Waals surface area contributed by atoms with Crippen molar-refractivity contribution in [2.24, 2.45) is 0 Å². The average molecular weight is 598 g/mol. The van der Waals surface area contributed by atoms with E-state index in [2.05, 4.69) is 86.8 Å². The molecule has 1 aromatic carbocycles. The molecule has 1 atom stereocenters. The molecule has 0 fully saturated rings. The van der Waals surface area contributed by atoms with Gasteiger partial charge in [-0.3, -0.25) is 4.79 Å². The van der Waals surface area contributed by atoms with E-state index in [0.29, 0.717) is 6.42 Å². The fraction of sp³-hybridized carbons (Fsp3) is 0.500. The van der Waals surface area contributed by atoms with Gasteiger partial charge in [0.2, 0.25) is 0 Å². The monoisotopic (exact) mass is 598 g/mol. The lowest BCUT2D eigenvalue weighted by Gasteiger charge is -2.17. The summed E-state index contributed by atoms with van der Waals surface area (Å²) in [6, 6.07) is 4.22. The fourth-order valence-corrected chi connectivity index (χ4v) is 6.24. The minimum absolute atomic E-state index is 0.0916. The predicted molar refractivity (Wildman–Crippen MR) is 103 cm³/mol. The highest BCUT2D eigenvalue weighted by Gasteiger charge is 2.17. The van der Waals surface area contributed by atoms with Gasteiger partial charge in [0.05, 0.1) is 0 Å². The van der Waals surface area contributed by atoms with Crippen LogP contribution in [0.1, 0.15) is 51.2 Å². The van der Waals surface area contributed by atoms with Crippen molar-refractivity contribution in [2.45, 2.75) is 45.6 Å². The zero-order chi connectivity index (χ0) is 14.4. The summed E-state index contributed by atoms with van der Waals surface area (Å²) in [6.45, 7) is 4.08. The molecule has 2 nitrogen and oxygen atoms in total. The topological polar surface area (TPSA) is 26.3 Å². The Hall–Kier alpha value is 0.880. The van der Waals surface area contributed by atoms with Crippen LogP contribution in [0.4, 0.5) is 0 Å². The summed E-state index contributed by atoms with van der Waals surface area (Å²) >= 11 is 6.92. The van der Waals surface area contributed by atoms with Crippen molar-refractivity contribution in [3.63, 3.8) is 0 Å². The van der Waals surface area contributed by atoms with Gasteiger partial charge < -0.3 is 4.74 Å². The maximum absolute atomic E-state index is 11.8. The third kappa shape index (κ3) is 6.03. The van der Waals surface area contributed by atoms with E-state index in [1.165, 1.54) is 3.57 Å². The zero-order valence-corrected chi connectivity index (χ0v) is 17.5. The highest BCUT2D eigenvalue weighted by Crippen LogP contribution is 2.30. The highest BCUT2D eigenvalue weighted by atomic mass is 127. The van der Waals surface area contributed by atoms with Crippen molar-refractivity contribution in [1.29, 1.82) is 0 Å². The van der Waals surface area contributed by atoms with E-state index in [9.17, 15) is 4.79 Å². The Kier molecular flexibility index (Phi) is 8.50. The predicted octanol–water partition coefficient (Wildman–Crippen LogP) is 5.68. The second-order valence-corrected chi connectivity index (χ2v) is 7.94. The molecule has 5 heteroatoms. The maximum Gasteiger partial charge on any atom is 0.306 e. The number of carbonyl (C=O) groups excluding carboxylic acids is 1. The number of ether oxygens (including phenoxy) is 1. The molecule has 1 unspecified atom stereocenters. The van der Waals surface area contributed by atoms with Crippen LogP contribution in [0.25, 0.3) is 0 Å². The van der Waals surface area contributed by atoms with E-state index < -0.39 is 0 Å². The van der Waals surface area contributed by atoms with Gasteiger partial charge in [0.1, 0.15) is 6.10 Å². The largest absolute Gasteiger partial charge is 0.458 e. The lowest BCUT2D eigenvalue weighted by atomic mass is 10.1. The molecule has 0 aromatic heterocycles. The first kappa shape index (κ1) is 17.9. The quantitative estimate of drug-likeness (QED) is 0.240. The van der Waals surface area contributed by atoms with Gasteiger partial charge in [-0.15, -0.1) is 0 Å². The molecule has 0 heterocycles. The van der Waals surface area contributed by atoms with Crippen LogP contribution in [0, 0.1) is 10.7 Å². The van der Waals surface area contributed by atoms with Crippen molar-refractivity contribution in [3.8, 4) is 0 Å². The Morgan fingerprint density at radius 2 is 1.79 bits per heavy atom. The van der Waals surface area contributed by atoms with E-state index in [1.54, 1.807) is 0 Å². The smallest absolute Gasteiger partial charge is 0.306 e. The van der Waals surface area contributed by atoms with Gasteiger partial charge in [-0.1, -0.05) is 19.8 Å². The molecule has 0 radical (unpaired) electrons. The minimum atomic E-state index is -0.176. The van der Waals surface area contributed by atoms with Crippen LogP contribution in [0.3, 0.4) is 0 Å². The molecule has 0 saturated carbocycles. The lowest BCUT2D eigenvalue weighted by molar-refractivity contribution is -0.148. The molecular weight excluding hydrogens is 581 g/mol. The van der Waals surface area contributed by atoms with Gasteiger partial charge in [-0.2, -0.15) is 0 Å². The Morgan fingerprint density at radius 1 is 1.21 bits per heavy atom. The summed E-state index contributed by atoms with van der Waals surface area (Å²) < 4.78 is 9.05. The number of carbonyl (C=O) groups is 1. The average Bonchev–Trinajstić information content (AvgIpc) is 2.27. The van der Waals surface area contributed by atoms with Gasteiger partial charge >= 0.3 is 5.97 Å². The van der Waals surface area contributed by atoms with Crippen molar-refractivity contribution in [2.75, 3.05) is 0 Å². The molecule has 0 aliphatic rings. The summed E-state index contributed by atoms with van der Waals surface area (Å²) in [7, 11) is 0. The van der Waals surface area contributed by atoms with E-state index in [0.717, 1.165) is 32.0 Å². The van der Waals surface area contributed by atoms with Crippen molar-refractivity contribution >= 4 is 73.7 Å². The molecule has 106 valence electrons. The minimum Gasteiger partial charge on any atom is -0.458 e. The number of hydrogen-bond acceptors (Lipinski definition) is 2. The van der Waals surface area contributed by atoms with Crippen LogP contribution in [0.15, 0.2) is 12.1 Å². The Morgan fingerprint density at radius 3 is 2.32 bits per heavy atom. The number of rotatable bonds is 6. The SMILES string of the molecule is CCCCCC(=O)OC(C)c1c(I)cc(I)cc1I. The van der Waals surface area contributed by atoms with Crippen LogP contribution in [-0.4, -0.2) is 5.97 Å². The lowest BCUT2D eigenvalue weighted by Crippen LogP contribution is -2.11. The summed E-state index contributed by atoms with van der Waals surface area (Å²) in [5.41, 5.74) is 1.12. The Balaban J connectivity index is 2.68. The second kappa shape index (κ2) is 9.01. The highest BCUT2D eigenvalue weighted by molar-refractivity contribution is 14.1. The van der Waals surface area contributed by atoms with E-state index >= 15 is 0 Å². The van der Waals surface area contributed by atoms with Crippen LogP contribution in [0.5, 0.6) is 0 Å². The van der Waals surface area contributed by atoms with E-state index in [-0.39, 0.29) is 12.1 Å². The molecule has 0 amide bonds. The van der Waals surface area contributed by atoms with Gasteiger partial charge in [0.25, 0.3) is 0 Å². The molecule has 0 aliphatic carbocycles. The molecule has 0 N–H and O–H groups in total. The first-order valence-corrected chi connectivity index (χ1v) is 9.53. The number of halogens is 3. The van der Waals surface area contributed by atoms with Crippen molar-refractivity contribution < 1.29 is 9.53 Å². The van der Waals surface area contributed by atoms with Gasteiger partial charge in [0.15, 0.2) is 0 Å². The first-order valence-electron chi connectivity index (χ1n) is 6.29. The molecule has 0 bridgehead atoms. The third-order valence-electron chi connectivity index (χ3n) is 2.74. The number of benzene rings is 1. The normalized spacial score (nSPS) is 12.3. The van der Waals surface area contributed by atoms with Crippen LogP contribution in [0.2, 0.25) is 0 Å². The molecular formula is C14H17I3O2. The van der Waals surface area contributed by atoms with Crippen LogP contribution < -0.4 is 0 Å². The summed E-state index contributed by atoms with van der Waals surface area (Å²) in [4.78, 5) is 11.8. The first-order chi connectivity index (χ1) is 8.95. The Labute approximate surface area is 155 Å². The molecule has 0 aliphatic heterocycles. The van der Waals surface area contributed by atoms with Gasteiger partial charge in [-0.05, 0) is 93.2 Å².